The maximum absolute atomic E-state index is 10.5. The molecule has 0 radical (unpaired) electrons. The fourth-order valence-electron chi connectivity index (χ4n) is 13.5. The molecule has 17 heteroatoms. The summed E-state index contributed by atoms with van der Waals surface area (Å²) < 4.78 is 13.8. The van der Waals surface area contributed by atoms with E-state index in [1.165, 1.54) is 118 Å². The summed E-state index contributed by atoms with van der Waals surface area (Å²) in [6, 6.07) is 1.09. The predicted octanol–water partition coefficient (Wildman–Crippen LogP) is 10.9. The lowest BCUT2D eigenvalue weighted by Gasteiger charge is -2.35. The van der Waals surface area contributed by atoms with Crippen LogP contribution in [0.1, 0.15) is 153 Å². The Morgan fingerprint density at radius 3 is 1.59 bits per heavy atom. The minimum absolute atomic E-state index is 0. The van der Waals surface area contributed by atoms with E-state index in [0.717, 1.165) is 42.1 Å². The van der Waals surface area contributed by atoms with E-state index in [9.17, 15) is 15.0 Å². The lowest BCUT2D eigenvalue weighted by molar-refractivity contribution is -0.235. The average Bonchev–Trinajstić information content (AvgIpc) is 4.24. The Hall–Kier alpha value is -4.85. The molecule has 8 aromatic heterocycles. The first-order valence-corrected chi connectivity index (χ1v) is 28.4. The number of likely N-dealkylation sites (tertiary alicyclic amines) is 1. The molecule has 0 amide bonds. The zero-order valence-corrected chi connectivity index (χ0v) is 46.8. The van der Waals surface area contributed by atoms with Crippen LogP contribution in [0.15, 0.2) is 25.0 Å². The summed E-state index contributed by atoms with van der Waals surface area (Å²) in [6.07, 6.45) is 12.5. The standard InChI is InChI=1S/C27H35N5O2S.C24H29N5S.C6H10O3.CH4/c1-13(2)22-23-16(5)25(20-7-18-6-17(20)8-31(18)19(10-33)11-34)35-27(23)30-24(22)21-9-32-26(28-12-29-32)15(4)14(21)3;1-11(2)19-20-14(5)22(17-7-16-6-15(17)8-25-16)30-24(20)28-21(19)18-9-29-23(26-10-27-29)13(4)12(18)3;1-6(2)8-3-5(7)4-9-6;/h9,12-13,17-20,30,33-34H,6-8,10-11H2,1-5H3;9-11,15-17,25,28H,6-8H2,1-5H3;3-4H2,1-2H3;1H4/t17-,18-,20+;15-,16-,17+;;/m00../s1. The van der Waals surface area contributed by atoms with Crippen molar-refractivity contribution in [3.05, 3.63) is 79.3 Å². The van der Waals surface area contributed by atoms with Gasteiger partial charge in [0.1, 0.15) is 35.5 Å². The predicted molar refractivity (Wildman–Crippen MR) is 302 cm³/mol. The molecule has 5 N–H and O–H groups in total. The number of pyridine rings is 2. The summed E-state index contributed by atoms with van der Waals surface area (Å²) in [6.45, 7) is 28.7. The number of Topliss-reactive ketones (excluding diaryl/α,β-unsaturated/α-hetero) is 1. The third-order valence-electron chi connectivity index (χ3n) is 17.5. The van der Waals surface area contributed by atoms with Crippen LogP contribution in [0, 0.1) is 53.4 Å². The van der Waals surface area contributed by atoms with Crippen LogP contribution in [-0.2, 0) is 14.3 Å². The average molecular weight is 1060 g/mol. The lowest BCUT2D eigenvalue weighted by Crippen LogP contribution is -2.46. The summed E-state index contributed by atoms with van der Waals surface area (Å²) >= 11 is 3.94. The van der Waals surface area contributed by atoms with Crippen molar-refractivity contribution in [2.75, 3.05) is 39.5 Å². The van der Waals surface area contributed by atoms with E-state index in [0.29, 0.717) is 29.7 Å². The number of hydrogen-bond acceptors (Lipinski definition) is 13. The Labute approximate surface area is 448 Å². The number of fused-ring (bicyclic) bond motifs is 8. The molecule has 3 aliphatic heterocycles. The van der Waals surface area contributed by atoms with Crippen molar-refractivity contribution < 1.29 is 24.5 Å². The summed E-state index contributed by atoms with van der Waals surface area (Å²) in [5.41, 5.74) is 17.4. The molecule has 5 fully saturated rings. The van der Waals surface area contributed by atoms with Crippen LogP contribution < -0.4 is 5.32 Å². The molecule has 4 bridgehead atoms. The van der Waals surface area contributed by atoms with Crippen molar-refractivity contribution in [3.8, 4) is 22.5 Å². The van der Waals surface area contributed by atoms with Gasteiger partial charge in [-0.25, -0.2) is 19.0 Å². The zero-order valence-electron chi connectivity index (χ0n) is 45.1. The Kier molecular flexibility index (Phi) is 14.6. The van der Waals surface area contributed by atoms with Crippen LogP contribution in [0.4, 0.5) is 0 Å². The highest BCUT2D eigenvalue weighted by Gasteiger charge is 2.48. The number of ether oxygens (including phenoxy) is 2. The van der Waals surface area contributed by atoms with Gasteiger partial charge in [-0.2, -0.15) is 10.2 Å². The van der Waals surface area contributed by atoms with Crippen LogP contribution in [-0.4, -0.2) is 123 Å². The fourth-order valence-corrected chi connectivity index (χ4v) is 16.3. The van der Waals surface area contributed by atoms with Crippen LogP contribution in [0.25, 0.3) is 54.2 Å². The highest BCUT2D eigenvalue weighted by Crippen LogP contribution is 2.54. The second-order valence-corrected chi connectivity index (χ2v) is 25.1. The molecule has 0 unspecified atom stereocenters. The van der Waals surface area contributed by atoms with E-state index < -0.39 is 5.79 Å². The van der Waals surface area contributed by atoms with Gasteiger partial charge >= 0.3 is 0 Å². The molecule has 402 valence electrons. The second kappa shape index (κ2) is 20.5. The van der Waals surface area contributed by atoms with Gasteiger partial charge in [-0.3, -0.25) is 9.69 Å². The van der Waals surface area contributed by atoms with Gasteiger partial charge in [0.15, 0.2) is 22.9 Å². The smallest absolute Gasteiger partial charge is 0.184 e. The maximum atomic E-state index is 10.5. The largest absolute Gasteiger partial charge is 0.395 e. The maximum Gasteiger partial charge on any atom is 0.184 e. The normalized spacial score (nSPS) is 23.2. The molecule has 0 aromatic carbocycles. The molecule has 2 saturated carbocycles. The molecule has 2 aliphatic carbocycles. The van der Waals surface area contributed by atoms with Crippen molar-refractivity contribution in [2.45, 2.75) is 164 Å². The Bertz CT molecular complexity index is 3410. The topological polar surface area (TPSA) is 183 Å². The number of aliphatic hydroxyl groups excluding tert-OH is 2. The number of nitrogens with one attached hydrogen (secondary N) is 3. The van der Waals surface area contributed by atoms with Crippen molar-refractivity contribution >= 4 is 60.2 Å². The zero-order chi connectivity index (χ0) is 52.2. The molecular weight excluding hydrogens is 981 g/mol. The molecule has 15 nitrogen and oxygen atoms in total. The first kappa shape index (κ1) is 53.5. The number of piperidine rings is 2. The van der Waals surface area contributed by atoms with E-state index >= 15 is 0 Å². The number of H-pyrrole nitrogens is 2. The number of ketones is 1. The van der Waals surface area contributed by atoms with Crippen LogP contribution in [0.3, 0.4) is 0 Å². The quantitative estimate of drug-likeness (QED) is 0.0927. The van der Waals surface area contributed by atoms with Gasteiger partial charge in [-0.05, 0) is 168 Å². The number of rotatable bonds is 9. The molecule has 5 aliphatic rings. The molecule has 13 rings (SSSR count). The van der Waals surface area contributed by atoms with E-state index in [-0.39, 0.29) is 45.7 Å². The van der Waals surface area contributed by atoms with E-state index in [2.05, 4.69) is 122 Å². The molecule has 75 heavy (non-hydrogen) atoms. The number of carbonyl (C=O) groups is 1. The fraction of sp³-hybridized carbons (Fsp3) is 0.569. The molecular formula is C58H78N10O5S2. The van der Waals surface area contributed by atoms with Gasteiger partial charge in [-0.15, -0.1) is 22.7 Å². The van der Waals surface area contributed by atoms with Gasteiger partial charge in [0.25, 0.3) is 0 Å². The number of aromatic amines is 2. The van der Waals surface area contributed by atoms with Gasteiger partial charge in [0.2, 0.25) is 0 Å². The van der Waals surface area contributed by atoms with E-state index in [1.807, 2.05) is 31.7 Å². The van der Waals surface area contributed by atoms with Gasteiger partial charge in [0, 0.05) is 62.7 Å². The summed E-state index contributed by atoms with van der Waals surface area (Å²) in [5, 5.41) is 34.7. The monoisotopic (exact) mass is 1060 g/mol. The lowest BCUT2D eigenvalue weighted by atomic mass is 9.88. The molecule has 8 aromatic rings. The Morgan fingerprint density at radius 1 is 0.693 bits per heavy atom. The minimum atomic E-state index is -0.562. The van der Waals surface area contributed by atoms with Crippen LogP contribution >= 0.6 is 22.7 Å². The van der Waals surface area contributed by atoms with Crippen molar-refractivity contribution in [1.82, 2.24) is 49.4 Å². The highest BCUT2D eigenvalue weighted by atomic mass is 32.1. The number of nitrogens with zero attached hydrogens (tertiary/aromatic N) is 7. The highest BCUT2D eigenvalue weighted by molar-refractivity contribution is 7.19. The molecule has 11 heterocycles. The number of aliphatic hydroxyl groups is 2. The van der Waals surface area contributed by atoms with Crippen LogP contribution in [0.2, 0.25) is 0 Å². The first-order chi connectivity index (χ1) is 35.4. The van der Waals surface area contributed by atoms with Gasteiger partial charge in [-0.1, -0.05) is 35.1 Å². The minimum Gasteiger partial charge on any atom is -0.395 e. The third kappa shape index (κ3) is 9.19. The molecule has 6 atom stereocenters. The Morgan fingerprint density at radius 2 is 1.19 bits per heavy atom. The number of thiophene rings is 2. The van der Waals surface area contributed by atoms with Crippen LogP contribution in [0.5, 0.6) is 0 Å². The first-order valence-electron chi connectivity index (χ1n) is 26.8. The van der Waals surface area contributed by atoms with Crippen molar-refractivity contribution in [2.24, 2.45) is 11.8 Å². The van der Waals surface area contributed by atoms with E-state index in [4.69, 9.17) is 9.47 Å². The van der Waals surface area contributed by atoms with Gasteiger partial charge in [0.05, 0.1) is 30.6 Å². The Balaban J connectivity index is 0.000000146. The third-order valence-corrected chi connectivity index (χ3v) is 20.2. The van der Waals surface area contributed by atoms with Crippen molar-refractivity contribution in [3.63, 3.8) is 0 Å². The summed E-state index contributed by atoms with van der Waals surface area (Å²) in [4.78, 5) is 35.2. The molecule has 0 spiro atoms. The summed E-state index contributed by atoms with van der Waals surface area (Å²) in [5.74, 6) is 3.00. The van der Waals surface area contributed by atoms with Gasteiger partial charge < -0.3 is 35.0 Å². The number of aryl methyl sites for hydroxylation is 4. The van der Waals surface area contributed by atoms with E-state index in [1.54, 1.807) is 31.4 Å². The number of carbonyl (C=O) groups excluding carboxylic acids is 1. The molecule has 3 saturated heterocycles. The second-order valence-electron chi connectivity index (χ2n) is 23.0. The number of aromatic nitrogens is 8. The number of hydrogen-bond donors (Lipinski definition) is 5. The van der Waals surface area contributed by atoms with Crippen molar-refractivity contribution in [1.29, 1.82) is 0 Å². The summed E-state index contributed by atoms with van der Waals surface area (Å²) in [7, 11) is 0. The SMILES string of the molecule is C.CC1(C)OCC(=O)CO1.Cc1c(-c2[nH]c3sc([C@@H]4C[C@@H]5C[C@H]4CN5)c(C)c3c2C(C)C)cn2ncnc2c1C.Cc1c(-c2[nH]c3sc([C@@H]4C[C@@H]5C[C@H]4CN5C(CO)CO)c(C)c3c2C(C)C)cn2ncnc2c1C.